The molecule has 0 saturated heterocycles. The Morgan fingerprint density at radius 2 is 2.00 bits per heavy atom. The predicted molar refractivity (Wildman–Crippen MR) is 59.5 cm³/mol. The molecule has 0 aliphatic heterocycles. The molecule has 0 bridgehead atoms. The molecule has 13 heavy (non-hydrogen) atoms. The fourth-order valence-electron chi connectivity index (χ4n) is 1.08. The number of hydrogen-bond donors (Lipinski definition) is 0. The first-order valence-electron chi connectivity index (χ1n) is 4.67. The van der Waals surface area contributed by atoms with E-state index in [-0.39, 0.29) is 0 Å². The standard InChI is InChI=1S/C13H16/c1-3-12(2)8-7-11-13-9-5-4-6-10-13/h3-7,9-12H,1,8H2,2H3/b11-7+. The Hall–Kier alpha value is -1.30. The van der Waals surface area contributed by atoms with E-state index in [1.54, 1.807) is 0 Å². The minimum atomic E-state index is 0.569. The third-order valence-electron chi connectivity index (χ3n) is 2.02. The Morgan fingerprint density at radius 3 is 2.62 bits per heavy atom. The van der Waals surface area contributed by atoms with Gasteiger partial charge in [-0.15, -0.1) is 6.58 Å². The highest BCUT2D eigenvalue weighted by atomic mass is 14.0. The summed E-state index contributed by atoms with van der Waals surface area (Å²) in [6, 6.07) is 10.3. The molecule has 0 radical (unpaired) electrons. The fraction of sp³-hybridized carbons (Fsp3) is 0.231. The molecular formula is C13H16. The van der Waals surface area contributed by atoms with Crippen molar-refractivity contribution in [1.29, 1.82) is 0 Å². The quantitative estimate of drug-likeness (QED) is 0.604. The molecule has 0 spiro atoms. The first-order chi connectivity index (χ1) is 6.33. The molecule has 1 atom stereocenters. The second-order valence-electron chi connectivity index (χ2n) is 3.26. The van der Waals surface area contributed by atoms with Gasteiger partial charge in [0.15, 0.2) is 0 Å². The molecule has 1 unspecified atom stereocenters. The molecule has 0 heteroatoms. The van der Waals surface area contributed by atoms with Gasteiger partial charge in [0.05, 0.1) is 0 Å². The van der Waals surface area contributed by atoms with Gasteiger partial charge < -0.3 is 0 Å². The van der Waals surface area contributed by atoms with E-state index in [1.807, 2.05) is 12.1 Å². The van der Waals surface area contributed by atoms with Crippen molar-refractivity contribution in [2.24, 2.45) is 5.92 Å². The summed E-state index contributed by atoms with van der Waals surface area (Å²) >= 11 is 0. The van der Waals surface area contributed by atoms with Gasteiger partial charge in [-0.05, 0) is 17.9 Å². The highest BCUT2D eigenvalue weighted by molar-refractivity contribution is 5.48. The van der Waals surface area contributed by atoms with Crippen molar-refractivity contribution >= 4 is 6.08 Å². The molecular weight excluding hydrogens is 156 g/mol. The maximum absolute atomic E-state index is 3.75. The maximum atomic E-state index is 3.75. The lowest BCUT2D eigenvalue weighted by molar-refractivity contribution is 0.748. The first-order valence-corrected chi connectivity index (χ1v) is 4.67. The van der Waals surface area contributed by atoms with E-state index in [0.29, 0.717) is 5.92 Å². The van der Waals surface area contributed by atoms with E-state index in [1.165, 1.54) is 5.56 Å². The monoisotopic (exact) mass is 172 g/mol. The van der Waals surface area contributed by atoms with Crippen LogP contribution in [0.25, 0.3) is 6.08 Å². The number of hydrogen-bond acceptors (Lipinski definition) is 0. The van der Waals surface area contributed by atoms with Gasteiger partial charge in [0, 0.05) is 0 Å². The van der Waals surface area contributed by atoms with Crippen molar-refractivity contribution in [2.45, 2.75) is 13.3 Å². The Labute approximate surface area is 80.6 Å². The molecule has 0 aliphatic carbocycles. The lowest BCUT2D eigenvalue weighted by Crippen LogP contribution is -1.83. The Bertz CT molecular complexity index is 269. The summed E-state index contributed by atoms with van der Waals surface area (Å²) in [5, 5.41) is 0. The number of benzene rings is 1. The summed E-state index contributed by atoms with van der Waals surface area (Å²) in [5.41, 5.74) is 1.26. The van der Waals surface area contributed by atoms with E-state index in [9.17, 15) is 0 Å². The lowest BCUT2D eigenvalue weighted by atomic mass is 10.1. The minimum absolute atomic E-state index is 0.569. The summed E-state index contributed by atoms with van der Waals surface area (Å²) < 4.78 is 0. The third kappa shape index (κ3) is 3.75. The largest absolute Gasteiger partial charge is 0.103 e. The van der Waals surface area contributed by atoms with Crippen LogP contribution in [0, 0.1) is 5.92 Å². The van der Waals surface area contributed by atoms with E-state index in [4.69, 9.17) is 0 Å². The third-order valence-corrected chi connectivity index (χ3v) is 2.02. The zero-order chi connectivity index (χ0) is 9.52. The normalized spacial score (nSPS) is 13.0. The van der Waals surface area contributed by atoms with Crippen LogP contribution in [0.4, 0.5) is 0 Å². The van der Waals surface area contributed by atoms with Crippen molar-refractivity contribution in [2.75, 3.05) is 0 Å². The van der Waals surface area contributed by atoms with Crippen LogP contribution < -0.4 is 0 Å². The molecule has 0 heterocycles. The van der Waals surface area contributed by atoms with Crippen molar-refractivity contribution in [3.63, 3.8) is 0 Å². The molecule has 0 aliphatic rings. The summed E-state index contributed by atoms with van der Waals surface area (Å²) in [6.07, 6.45) is 7.40. The Morgan fingerprint density at radius 1 is 1.31 bits per heavy atom. The maximum Gasteiger partial charge on any atom is -0.0230 e. The minimum Gasteiger partial charge on any atom is -0.103 e. The van der Waals surface area contributed by atoms with Crippen molar-refractivity contribution in [1.82, 2.24) is 0 Å². The topological polar surface area (TPSA) is 0 Å². The Kier molecular flexibility index (Phi) is 4.04. The van der Waals surface area contributed by atoms with Crippen LogP contribution >= 0.6 is 0 Å². The van der Waals surface area contributed by atoms with Gasteiger partial charge >= 0.3 is 0 Å². The summed E-state index contributed by atoms with van der Waals surface area (Å²) in [7, 11) is 0. The fourth-order valence-corrected chi connectivity index (χ4v) is 1.08. The average Bonchev–Trinajstić information content (AvgIpc) is 2.19. The van der Waals surface area contributed by atoms with Crippen LogP contribution in [0.5, 0.6) is 0 Å². The van der Waals surface area contributed by atoms with Gasteiger partial charge in [-0.3, -0.25) is 0 Å². The number of allylic oxidation sites excluding steroid dienone is 2. The predicted octanol–water partition coefficient (Wildman–Crippen LogP) is 3.91. The molecule has 68 valence electrons. The van der Waals surface area contributed by atoms with Gasteiger partial charge in [0.1, 0.15) is 0 Å². The van der Waals surface area contributed by atoms with Crippen molar-refractivity contribution in [3.8, 4) is 0 Å². The van der Waals surface area contributed by atoms with E-state index < -0.39 is 0 Å². The van der Waals surface area contributed by atoms with Gasteiger partial charge in [-0.1, -0.05) is 55.5 Å². The second kappa shape index (κ2) is 5.36. The smallest absolute Gasteiger partial charge is 0.0230 e. The zero-order valence-electron chi connectivity index (χ0n) is 8.11. The molecule has 0 saturated carbocycles. The summed E-state index contributed by atoms with van der Waals surface area (Å²) in [4.78, 5) is 0. The van der Waals surface area contributed by atoms with Crippen molar-refractivity contribution < 1.29 is 0 Å². The van der Waals surface area contributed by atoms with Gasteiger partial charge in [0.2, 0.25) is 0 Å². The van der Waals surface area contributed by atoms with Crippen LogP contribution in [-0.4, -0.2) is 0 Å². The first kappa shape index (κ1) is 9.79. The van der Waals surface area contributed by atoms with E-state index in [2.05, 4.69) is 49.9 Å². The average molecular weight is 172 g/mol. The lowest BCUT2D eigenvalue weighted by Gasteiger charge is -1.98. The summed E-state index contributed by atoms with van der Waals surface area (Å²) in [6.45, 7) is 5.92. The second-order valence-corrected chi connectivity index (χ2v) is 3.26. The zero-order valence-corrected chi connectivity index (χ0v) is 8.11. The van der Waals surface area contributed by atoms with Crippen LogP contribution in [0.3, 0.4) is 0 Å². The molecule has 1 aromatic rings. The van der Waals surface area contributed by atoms with Crippen LogP contribution in [0.2, 0.25) is 0 Å². The SMILES string of the molecule is C=CC(C)C/C=C/c1ccccc1. The van der Waals surface area contributed by atoms with Crippen LogP contribution in [0.1, 0.15) is 18.9 Å². The van der Waals surface area contributed by atoms with Gasteiger partial charge in [-0.25, -0.2) is 0 Å². The van der Waals surface area contributed by atoms with Crippen LogP contribution in [-0.2, 0) is 0 Å². The molecule has 1 rings (SSSR count). The molecule has 0 nitrogen and oxygen atoms in total. The summed E-state index contributed by atoms with van der Waals surface area (Å²) in [5.74, 6) is 0.569. The highest BCUT2D eigenvalue weighted by Crippen LogP contribution is 2.07. The van der Waals surface area contributed by atoms with Gasteiger partial charge in [-0.2, -0.15) is 0 Å². The van der Waals surface area contributed by atoms with E-state index >= 15 is 0 Å². The van der Waals surface area contributed by atoms with Gasteiger partial charge in [0.25, 0.3) is 0 Å². The van der Waals surface area contributed by atoms with Crippen molar-refractivity contribution in [3.05, 3.63) is 54.6 Å². The number of rotatable bonds is 4. The molecule has 0 N–H and O–H groups in total. The molecule has 0 aromatic heterocycles. The molecule has 1 aromatic carbocycles. The van der Waals surface area contributed by atoms with E-state index in [0.717, 1.165) is 6.42 Å². The Balaban J connectivity index is 2.45. The van der Waals surface area contributed by atoms with Crippen LogP contribution in [0.15, 0.2) is 49.1 Å². The molecule has 0 amide bonds. The highest BCUT2D eigenvalue weighted by Gasteiger charge is 1.90. The molecule has 0 fully saturated rings.